The third-order valence-electron chi connectivity index (χ3n) is 2.87. The van der Waals surface area contributed by atoms with Gasteiger partial charge in [0.25, 0.3) is 5.92 Å². The van der Waals surface area contributed by atoms with Gasteiger partial charge in [-0.1, -0.05) is 0 Å². The predicted molar refractivity (Wildman–Crippen MR) is 61.2 cm³/mol. The number of nitrogens with zero attached hydrogens (tertiary/aromatic N) is 2. The maximum Gasteiger partial charge on any atom is 0.251 e. The summed E-state index contributed by atoms with van der Waals surface area (Å²) in [5.74, 6) is -2.48. The molecule has 1 aromatic heterocycles. The summed E-state index contributed by atoms with van der Waals surface area (Å²) in [6.07, 6.45) is 1.10. The molecule has 0 bridgehead atoms. The fraction of sp³-hybridized carbons (Fsp3) is 0.455. The molecule has 4 nitrogen and oxygen atoms in total. The van der Waals surface area contributed by atoms with Gasteiger partial charge in [-0.3, -0.25) is 10.4 Å². The van der Waals surface area contributed by atoms with Crippen LogP contribution in [0.4, 0.5) is 14.5 Å². The lowest BCUT2D eigenvalue weighted by Gasteiger charge is -2.33. The van der Waals surface area contributed by atoms with Gasteiger partial charge in [0.05, 0.1) is 5.69 Å². The molecule has 0 atom stereocenters. The third kappa shape index (κ3) is 2.51. The highest BCUT2D eigenvalue weighted by Crippen LogP contribution is 2.28. The second-order valence-corrected chi connectivity index (χ2v) is 4.13. The van der Waals surface area contributed by atoms with Gasteiger partial charge in [-0.15, -0.1) is 0 Å². The van der Waals surface area contributed by atoms with Crippen LogP contribution in [-0.4, -0.2) is 34.7 Å². The minimum absolute atomic E-state index is 0.124. The molecular formula is C11H14F2N4. The molecule has 0 aliphatic carbocycles. The van der Waals surface area contributed by atoms with Crippen molar-refractivity contribution in [3.8, 4) is 0 Å². The molecular weight excluding hydrogens is 226 g/mol. The van der Waals surface area contributed by atoms with Crippen molar-refractivity contribution in [1.29, 1.82) is 5.41 Å². The zero-order valence-corrected chi connectivity index (χ0v) is 9.29. The average molecular weight is 240 g/mol. The van der Waals surface area contributed by atoms with Crippen LogP contribution in [0.15, 0.2) is 18.3 Å². The van der Waals surface area contributed by atoms with Crippen molar-refractivity contribution in [3.63, 3.8) is 0 Å². The molecule has 0 spiro atoms. The zero-order chi connectivity index (χ0) is 12.5. The fourth-order valence-corrected chi connectivity index (χ4v) is 1.82. The van der Waals surface area contributed by atoms with E-state index < -0.39 is 5.92 Å². The maximum atomic E-state index is 13.0. The number of rotatable bonds is 1. The summed E-state index contributed by atoms with van der Waals surface area (Å²) in [7, 11) is 0. The van der Waals surface area contributed by atoms with E-state index in [0.29, 0.717) is 11.4 Å². The quantitative estimate of drug-likeness (QED) is 0.580. The lowest BCUT2D eigenvalue weighted by molar-refractivity contribution is -0.0434. The van der Waals surface area contributed by atoms with Crippen molar-refractivity contribution in [3.05, 3.63) is 24.0 Å². The summed E-state index contributed by atoms with van der Waals surface area (Å²) in [6, 6.07) is 3.33. The normalized spacial score (nSPS) is 19.1. The number of alkyl halides is 2. The van der Waals surface area contributed by atoms with Crippen LogP contribution in [-0.2, 0) is 0 Å². The summed E-state index contributed by atoms with van der Waals surface area (Å²) in [5.41, 5.74) is 6.46. The minimum Gasteiger partial charge on any atom is -0.397 e. The predicted octanol–water partition coefficient (Wildman–Crippen LogP) is 1.72. The Morgan fingerprint density at radius 2 is 2.06 bits per heavy atom. The van der Waals surface area contributed by atoms with Gasteiger partial charge in [0.2, 0.25) is 0 Å². The Balaban J connectivity index is 2.10. The first-order chi connectivity index (χ1) is 7.99. The Bertz CT molecular complexity index is 423. The molecule has 1 aromatic rings. The highest BCUT2D eigenvalue weighted by molar-refractivity contribution is 5.99. The molecule has 1 aliphatic rings. The number of nitrogens with two attached hydrogens (primary N) is 1. The molecule has 3 N–H and O–H groups in total. The molecule has 0 radical (unpaired) electrons. The highest BCUT2D eigenvalue weighted by atomic mass is 19.3. The van der Waals surface area contributed by atoms with E-state index in [9.17, 15) is 8.78 Å². The van der Waals surface area contributed by atoms with E-state index in [-0.39, 0.29) is 31.8 Å². The average Bonchev–Trinajstić information content (AvgIpc) is 2.29. The monoisotopic (exact) mass is 240 g/mol. The molecule has 1 aliphatic heterocycles. The molecule has 17 heavy (non-hydrogen) atoms. The van der Waals surface area contributed by atoms with Crippen LogP contribution < -0.4 is 5.73 Å². The number of nitrogens with one attached hydrogen (secondary N) is 1. The van der Waals surface area contributed by atoms with Gasteiger partial charge in [0.1, 0.15) is 11.5 Å². The van der Waals surface area contributed by atoms with Crippen LogP contribution in [0.25, 0.3) is 0 Å². The lowest BCUT2D eigenvalue weighted by atomic mass is 10.1. The second-order valence-electron chi connectivity index (χ2n) is 4.13. The van der Waals surface area contributed by atoms with E-state index in [1.54, 1.807) is 23.2 Å². The van der Waals surface area contributed by atoms with Crippen LogP contribution in [0.3, 0.4) is 0 Å². The van der Waals surface area contributed by atoms with Gasteiger partial charge in [-0.25, -0.2) is 8.78 Å². The van der Waals surface area contributed by atoms with Crippen LogP contribution in [0.1, 0.15) is 18.5 Å². The summed E-state index contributed by atoms with van der Waals surface area (Å²) in [6.45, 7) is 0.337. The molecule has 6 heteroatoms. The highest BCUT2D eigenvalue weighted by Gasteiger charge is 2.35. The molecule has 0 saturated carbocycles. The summed E-state index contributed by atoms with van der Waals surface area (Å²) < 4.78 is 26.0. The van der Waals surface area contributed by atoms with Crippen molar-refractivity contribution in [2.24, 2.45) is 0 Å². The summed E-state index contributed by atoms with van der Waals surface area (Å²) in [5, 5.41) is 7.93. The lowest BCUT2D eigenvalue weighted by Crippen LogP contribution is -2.43. The van der Waals surface area contributed by atoms with Crippen molar-refractivity contribution >= 4 is 11.5 Å². The number of piperidine rings is 1. The van der Waals surface area contributed by atoms with E-state index >= 15 is 0 Å². The first-order valence-corrected chi connectivity index (χ1v) is 5.42. The zero-order valence-electron chi connectivity index (χ0n) is 9.29. The van der Waals surface area contributed by atoms with Crippen molar-refractivity contribution in [2.75, 3.05) is 18.8 Å². The number of likely N-dealkylation sites (tertiary alicyclic amines) is 1. The Hall–Kier alpha value is -1.72. The van der Waals surface area contributed by atoms with E-state index in [0.717, 1.165) is 0 Å². The van der Waals surface area contributed by atoms with Crippen LogP contribution in [0, 0.1) is 5.41 Å². The number of pyridine rings is 1. The SMILES string of the molecule is N=C(c1ncccc1N)N1CCC(F)(F)CC1. The molecule has 92 valence electrons. The topological polar surface area (TPSA) is 66.0 Å². The van der Waals surface area contributed by atoms with Crippen LogP contribution in [0.5, 0.6) is 0 Å². The van der Waals surface area contributed by atoms with Crippen LogP contribution >= 0.6 is 0 Å². The van der Waals surface area contributed by atoms with Crippen molar-refractivity contribution in [2.45, 2.75) is 18.8 Å². The fourth-order valence-electron chi connectivity index (χ4n) is 1.82. The van der Waals surface area contributed by atoms with Gasteiger partial charge in [-0.05, 0) is 12.1 Å². The van der Waals surface area contributed by atoms with Crippen molar-refractivity contribution < 1.29 is 8.78 Å². The second kappa shape index (κ2) is 4.27. The van der Waals surface area contributed by atoms with E-state index in [1.807, 2.05) is 0 Å². The van der Waals surface area contributed by atoms with Gasteiger partial charge in [-0.2, -0.15) is 0 Å². The van der Waals surface area contributed by atoms with Crippen molar-refractivity contribution in [1.82, 2.24) is 9.88 Å². The number of halogens is 2. The molecule has 1 saturated heterocycles. The van der Waals surface area contributed by atoms with E-state index in [4.69, 9.17) is 11.1 Å². The number of anilines is 1. The maximum absolute atomic E-state index is 13.0. The number of hydrogen-bond acceptors (Lipinski definition) is 3. The first kappa shape index (κ1) is 11.8. The van der Waals surface area contributed by atoms with Gasteiger partial charge < -0.3 is 10.6 Å². The minimum atomic E-state index is -2.60. The van der Waals surface area contributed by atoms with E-state index in [2.05, 4.69) is 4.98 Å². The largest absolute Gasteiger partial charge is 0.397 e. The Kier molecular flexibility index (Phi) is 2.95. The van der Waals surface area contributed by atoms with E-state index in [1.165, 1.54) is 0 Å². The third-order valence-corrected chi connectivity index (χ3v) is 2.87. The molecule has 0 aromatic carbocycles. The molecule has 1 fully saturated rings. The molecule has 2 heterocycles. The molecule has 2 rings (SSSR count). The van der Waals surface area contributed by atoms with Gasteiger partial charge >= 0.3 is 0 Å². The first-order valence-electron chi connectivity index (χ1n) is 5.42. The van der Waals surface area contributed by atoms with Crippen LogP contribution in [0.2, 0.25) is 0 Å². The number of hydrogen-bond donors (Lipinski definition) is 2. The number of nitrogen functional groups attached to an aromatic ring is 1. The Labute approximate surface area is 98.0 Å². The van der Waals surface area contributed by atoms with Gasteiger partial charge in [0, 0.05) is 32.1 Å². The Morgan fingerprint density at radius 1 is 1.41 bits per heavy atom. The Morgan fingerprint density at radius 3 is 2.65 bits per heavy atom. The molecule has 0 unspecified atom stereocenters. The summed E-state index contributed by atoms with van der Waals surface area (Å²) >= 11 is 0. The molecule has 0 amide bonds. The number of amidine groups is 1. The smallest absolute Gasteiger partial charge is 0.251 e. The summed E-state index contributed by atoms with van der Waals surface area (Å²) in [4.78, 5) is 5.60. The van der Waals surface area contributed by atoms with Gasteiger partial charge in [0.15, 0.2) is 0 Å². The standard InChI is InChI=1S/C11H14F2N4/c12-11(13)3-6-17(7-4-11)10(15)9-8(14)2-1-5-16-9/h1-2,5,15H,3-4,6-7,14H2. The number of aromatic nitrogens is 1.